The molecule has 3 heterocycles. The van der Waals surface area contributed by atoms with Crippen LogP contribution < -0.4 is 21.1 Å². The fourth-order valence-electron chi connectivity index (χ4n) is 11.0. The first-order chi connectivity index (χ1) is 30.8. The average molecular weight is 852 g/mol. The summed E-state index contributed by atoms with van der Waals surface area (Å²) in [6.45, 7) is 25.5. The summed E-state index contributed by atoms with van der Waals surface area (Å²) in [6, 6.07) is 37.1. The number of benzene rings is 6. The van der Waals surface area contributed by atoms with Gasteiger partial charge in [-0.15, -0.1) is 0 Å². The summed E-state index contributed by atoms with van der Waals surface area (Å²) in [5, 5.41) is 4.11. The van der Waals surface area contributed by atoms with Crippen molar-refractivity contribution in [3.05, 3.63) is 178 Å². The summed E-state index contributed by atoms with van der Waals surface area (Å²) in [6.07, 6.45) is 12.0. The Kier molecular flexibility index (Phi) is 10.8. The Labute approximate surface area is 387 Å². The molecule has 6 aromatic rings. The normalized spacial score (nSPS) is 15.1. The van der Waals surface area contributed by atoms with Crippen LogP contribution in [0.4, 0.5) is 22.7 Å². The van der Waals surface area contributed by atoms with Gasteiger partial charge in [0, 0.05) is 38.7 Å². The van der Waals surface area contributed by atoms with Gasteiger partial charge in [-0.1, -0.05) is 161 Å². The Hall–Kier alpha value is -5.71. The molecule has 6 aromatic carbocycles. The molecule has 0 unspecified atom stereocenters. The highest BCUT2D eigenvalue weighted by Gasteiger charge is 2.37. The molecule has 0 fully saturated rings. The predicted molar refractivity (Wildman–Crippen MR) is 278 cm³/mol. The van der Waals surface area contributed by atoms with Gasteiger partial charge in [-0.05, 0) is 156 Å². The summed E-state index contributed by atoms with van der Waals surface area (Å²) in [5.41, 5.74) is 28.4. The first-order valence-corrected chi connectivity index (χ1v) is 24.2. The van der Waals surface area contributed by atoms with Crippen molar-refractivity contribution in [2.45, 2.75) is 110 Å². The molecular formula is C60H60BN2S. The number of hydrogen-bond acceptors (Lipinski definition) is 3. The standard InChI is InChI=1S/C60H60BN2S/c1-11-41-32-42-21-18-25-47(57(42)62-56(41)44-23-15-13-20-37(44)5)54-40(8)48(43-22-14-12-19-36(43)4)33-52-59(54)64-53-28-27-46-45-24-16-17-26-50(45)61-55(46)58(53)63(52)51-34-49(38(6)31-39(51)7)60(9,10)30-29-35(2)3/h11-12,14-19,21-28,31,33-35,62H,1,13,20,29-30,32H2,2-10H3. The lowest BCUT2D eigenvalue weighted by atomic mass is 9.67. The van der Waals surface area contributed by atoms with Crippen molar-refractivity contribution in [1.82, 2.24) is 0 Å². The van der Waals surface area contributed by atoms with Gasteiger partial charge in [-0.3, -0.25) is 0 Å². The molecule has 0 saturated carbocycles. The van der Waals surface area contributed by atoms with E-state index in [0.717, 1.165) is 25.7 Å². The van der Waals surface area contributed by atoms with Crippen molar-refractivity contribution < 1.29 is 0 Å². The highest BCUT2D eigenvalue weighted by molar-refractivity contribution is 8.00. The lowest BCUT2D eigenvalue weighted by molar-refractivity contribution is 0.413. The lowest BCUT2D eigenvalue weighted by Crippen LogP contribution is -2.30. The fraction of sp³-hybridized carbons (Fsp3) is 0.267. The molecule has 0 spiro atoms. The molecule has 4 heteroatoms. The maximum Gasteiger partial charge on any atom is 0.195 e. The lowest BCUT2D eigenvalue weighted by Gasteiger charge is -2.39. The molecule has 0 atom stereocenters. The molecule has 3 aliphatic heterocycles. The van der Waals surface area contributed by atoms with Crippen molar-refractivity contribution in [2.75, 3.05) is 10.2 Å². The Bertz CT molecular complexity index is 3030. The van der Waals surface area contributed by atoms with Gasteiger partial charge in [0.25, 0.3) is 0 Å². The van der Waals surface area contributed by atoms with Gasteiger partial charge in [0.15, 0.2) is 7.28 Å². The third kappa shape index (κ3) is 7.05. The number of fused-ring (bicyclic) bond motifs is 7. The molecule has 0 saturated heterocycles. The zero-order chi connectivity index (χ0) is 44.6. The smallest absolute Gasteiger partial charge is 0.195 e. The number of allylic oxidation sites excluding steroid dienone is 5. The van der Waals surface area contributed by atoms with Crippen LogP contribution in [-0.4, -0.2) is 7.28 Å². The minimum Gasteiger partial charge on any atom is -0.354 e. The van der Waals surface area contributed by atoms with Crippen LogP contribution in [0.2, 0.25) is 0 Å². The van der Waals surface area contributed by atoms with E-state index in [2.05, 4.69) is 202 Å². The Balaban J connectivity index is 1.28. The zero-order valence-corrected chi connectivity index (χ0v) is 40.0. The van der Waals surface area contributed by atoms with Gasteiger partial charge < -0.3 is 10.2 Å². The van der Waals surface area contributed by atoms with Crippen LogP contribution >= 0.6 is 11.8 Å². The molecule has 10 rings (SSSR count). The van der Waals surface area contributed by atoms with E-state index in [-0.39, 0.29) is 5.41 Å². The number of nitrogens with zero attached hydrogens (tertiary/aromatic N) is 1. The largest absolute Gasteiger partial charge is 0.354 e. The molecule has 2 nitrogen and oxygen atoms in total. The zero-order valence-electron chi connectivity index (χ0n) is 39.2. The van der Waals surface area contributed by atoms with E-state index in [4.69, 9.17) is 0 Å². The third-order valence-electron chi connectivity index (χ3n) is 14.5. The Morgan fingerprint density at radius 1 is 0.797 bits per heavy atom. The molecule has 319 valence electrons. The van der Waals surface area contributed by atoms with Gasteiger partial charge in [0.2, 0.25) is 0 Å². The van der Waals surface area contributed by atoms with Crippen molar-refractivity contribution >= 4 is 52.7 Å². The van der Waals surface area contributed by atoms with Crippen molar-refractivity contribution in [1.29, 1.82) is 0 Å². The minimum absolute atomic E-state index is 0.00431. The average Bonchev–Trinajstić information content (AvgIpc) is 3.67. The molecule has 0 amide bonds. The van der Waals surface area contributed by atoms with Crippen LogP contribution in [-0.2, 0) is 11.8 Å². The summed E-state index contributed by atoms with van der Waals surface area (Å²) in [4.78, 5) is 5.25. The van der Waals surface area contributed by atoms with E-state index in [9.17, 15) is 0 Å². The fourth-order valence-corrected chi connectivity index (χ4v) is 12.2. The maximum atomic E-state index is 4.33. The number of nitrogens with one attached hydrogen (secondary N) is 1. The van der Waals surface area contributed by atoms with Crippen LogP contribution in [0.1, 0.15) is 93.7 Å². The third-order valence-corrected chi connectivity index (χ3v) is 15.7. The topological polar surface area (TPSA) is 15.3 Å². The van der Waals surface area contributed by atoms with Crippen molar-refractivity contribution in [2.24, 2.45) is 5.92 Å². The number of anilines is 4. The van der Waals surface area contributed by atoms with Gasteiger partial charge in [-0.2, -0.15) is 0 Å². The molecule has 1 aliphatic carbocycles. The Morgan fingerprint density at radius 2 is 1.56 bits per heavy atom. The van der Waals surface area contributed by atoms with Crippen molar-refractivity contribution in [3.8, 4) is 33.4 Å². The molecule has 64 heavy (non-hydrogen) atoms. The van der Waals surface area contributed by atoms with Crippen LogP contribution in [0.25, 0.3) is 33.4 Å². The summed E-state index contributed by atoms with van der Waals surface area (Å²) in [5.74, 6) is 0.650. The van der Waals surface area contributed by atoms with E-state index in [1.165, 1.54) is 139 Å². The van der Waals surface area contributed by atoms with Gasteiger partial charge >= 0.3 is 0 Å². The SMILES string of the molecule is C=CC1=C(C2=C(C)CCC=C2)Nc2c(cccc2-c2c(C)c(-c3ccccc3C)cc3c2Sc2ccc4c(c2N3c2cc(C(C)(C)CCC(C)C)c(C)cc2C)[B]c2ccccc2-4)C1. The molecule has 4 aliphatic rings. The minimum atomic E-state index is 0.00431. The highest BCUT2D eigenvalue weighted by atomic mass is 32.2. The maximum absolute atomic E-state index is 4.33. The number of hydrogen-bond donors (Lipinski definition) is 1. The molecule has 0 bridgehead atoms. The van der Waals surface area contributed by atoms with E-state index < -0.39 is 0 Å². The second-order valence-electron chi connectivity index (χ2n) is 19.8. The number of para-hydroxylation sites is 1. The number of aryl methyl sites for hydroxylation is 3. The van der Waals surface area contributed by atoms with E-state index in [1.807, 2.05) is 11.8 Å². The number of rotatable bonds is 9. The van der Waals surface area contributed by atoms with Gasteiger partial charge in [0.1, 0.15) is 0 Å². The van der Waals surface area contributed by atoms with Crippen LogP contribution in [0.15, 0.2) is 154 Å². The first kappa shape index (κ1) is 42.3. The summed E-state index contributed by atoms with van der Waals surface area (Å²) in [7, 11) is 2.44. The summed E-state index contributed by atoms with van der Waals surface area (Å²) >= 11 is 1.95. The molecule has 0 aromatic heterocycles. The van der Waals surface area contributed by atoms with Crippen LogP contribution in [0, 0.1) is 33.6 Å². The Morgan fingerprint density at radius 3 is 2.33 bits per heavy atom. The second-order valence-corrected chi connectivity index (χ2v) is 20.8. The monoisotopic (exact) mass is 851 g/mol. The van der Waals surface area contributed by atoms with Crippen LogP contribution in [0.3, 0.4) is 0 Å². The van der Waals surface area contributed by atoms with Crippen molar-refractivity contribution in [3.63, 3.8) is 0 Å². The van der Waals surface area contributed by atoms with Gasteiger partial charge in [-0.25, -0.2) is 0 Å². The van der Waals surface area contributed by atoms with Gasteiger partial charge in [0.05, 0.1) is 17.1 Å². The second kappa shape index (κ2) is 16.4. The molecular weight excluding hydrogens is 792 g/mol. The first-order valence-electron chi connectivity index (χ1n) is 23.4. The quantitative estimate of drug-likeness (QED) is 0.146. The molecule has 1 radical (unpaired) electrons. The predicted octanol–water partition coefficient (Wildman–Crippen LogP) is 15.6. The van der Waals surface area contributed by atoms with E-state index in [1.54, 1.807) is 0 Å². The van der Waals surface area contributed by atoms with Crippen LogP contribution in [0.5, 0.6) is 0 Å². The highest BCUT2D eigenvalue weighted by Crippen LogP contribution is 2.59. The van der Waals surface area contributed by atoms with E-state index >= 15 is 0 Å². The summed E-state index contributed by atoms with van der Waals surface area (Å²) < 4.78 is 0. The van der Waals surface area contributed by atoms with E-state index in [0.29, 0.717) is 5.92 Å². The molecule has 1 N–H and O–H groups in total.